The van der Waals surface area contributed by atoms with Gasteiger partial charge in [0.2, 0.25) is 17.8 Å². The summed E-state index contributed by atoms with van der Waals surface area (Å²) in [6.45, 7) is 1.46. The van der Waals surface area contributed by atoms with Crippen molar-refractivity contribution in [2.24, 2.45) is 11.7 Å². The Morgan fingerprint density at radius 1 is 1.11 bits per heavy atom. The molecular formula is C24H28Cl2FN7O2. The highest BCUT2D eigenvalue weighted by Gasteiger charge is 2.29. The number of carbonyl (C=O) groups is 1. The molecule has 2 aliphatic rings. The number of hydrogen-bond acceptors (Lipinski definition) is 7. The van der Waals surface area contributed by atoms with E-state index < -0.39 is 5.82 Å². The van der Waals surface area contributed by atoms with E-state index in [1.807, 2.05) is 4.57 Å². The Bertz CT molecular complexity index is 1230. The number of nitrogens with zero attached hydrogens (tertiary/aromatic N) is 4. The first-order chi connectivity index (χ1) is 17.4. The van der Waals surface area contributed by atoms with E-state index in [1.165, 1.54) is 12.1 Å². The van der Waals surface area contributed by atoms with Crippen LogP contribution in [-0.4, -0.2) is 44.7 Å². The minimum Gasteiger partial charge on any atom is -0.381 e. The van der Waals surface area contributed by atoms with Gasteiger partial charge in [0, 0.05) is 36.2 Å². The van der Waals surface area contributed by atoms with E-state index in [4.69, 9.17) is 38.7 Å². The van der Waals surface area contributed by atoms with E-state index in [0.717, 1.165) is 25.9 Å². The number of nitrogens with one attached hydrogen (secondary N) is 2. The van der Waals surface area contributed by atoms with Gasteiger partial charge in [-0.1, -0.05) is 23.2 Å². The number of imidazole rings is 1. The van der Waals surface area contributed by atoms with Crippen molar-refractivity contribution < 1.29 is 13.9 Å². The Hall–Kier alpha value is -2.69. The molecule has 1 amide bonds. The number of hydrogen-bond donors (Lipinski definition) is 3. The van der Waals surface area contributed by atoms with Gasteiger partial charge in [-0.25, -0.2) is 14.4 Å². The molecule has 192 valence electrons. The molecule has 1 aliphatic carbocycles. The van der Waals surface area contributed by atoms with Gasteiger partial charge in [-0.05, 0) is 57.1 Å². The number of benzene rings is 1. The molecule has 5 rings (SSSR count). The average molecular weight is 536 g/mol. The van der Waals surface area contributed by atoms with E-state index in [0.29, 0.717) is 55.4 Å². The quantitative estimate of drug-likeness (QED) is 0.396. The third-order valence-electron chi connectivity index (χ3n) is 6.93. The molecule has 3 aromatic rings. The fourth-order valence-corrected chi connectivity index (χ4v) is 5.53. The summed E-state index contributed by atoms with van der Waals surface area (Å²) < 4.78 is 22.3. The maximum absolute atomic E-state index is 14.8. The lowest BCUT2D eigenvalue weighted by molar-refractivity contribution is -0.122. The Morgan fingerprint density at radius 3 is 2.67 bits per heavy atom. The lowest BCUT2D eigenvalue weighted by Crippen LogP contribution is -2.29. The summed E-state index contributed by atoms with van der Waals surface area (Å²) in [6, 6.07) is 2.86. The van der Waals surface area contributed by atoms with Gasteiger partial charge in [0.25, 0.3) is 0 Å². The van der Waals surface area contributed by atoms with Crippen molar-refractivity contribution in [3.05, 3.63) is 34.2 Å². The Morgan fingerprint density at radius 2 is 1.92 bits per heavy atom. The number of amides is 1. The molecule has 1 saturated heterocycles. The topological polar surface area (TPSA) is 120 Å². The molecule has 1 aliphatic heterocycles. The maximum atomic E-state index is 14.8. The van der Waals surface area contributed by atoms with E-state index in [2.05, 4.69) is 20.6 Å². The molecule has 2 fully saturated rings. The fraction of sp³-hybridized carbons (Fsp3) is 0.500. The van der Waals surface area contributed by atoms with Gasteiger partial charge < -0.3 is 21.1 Å². The first kappa shape index (κ1) is 25.0. The van der Waals surface area contributed by atoms with Crippen molar-refractivity contribution in [3.8, 4) is 0 Å². The van der Waals surface area contributed by atoms with Crippen LogP contribution in [0.2, 0.25) is 10.0 Å². The first-order valence-electron chi connectivity index (χ1n) is 12.2. The molecule has 1 atom stereocenters. The lowest BCUT2D eigenvalue weighted by atomic mass is 9.85. The van der Waals surface area contributed by atoms with E-state index >= 15 is 0 Å². The van der Waals surface area contributed by atoms with Crippen LogP contribution in [0, 0.1) is 11.7 Å². The van der Waals surface area contributed by atoms with Gasteiger partial charge in [-0.2, -0.15) is 4.98 Å². The second-order valence-corrected chi connectivity index (χ2v) is 10.2. The van der Waals surface area contributed by atoms with Crippen LogP contribution in [0.15, 0.2) is 18.3 Å². The number of halogens is 3. The SMILES string of the molecule is NC(=O)[C@H]1CC[C@@H](n2c(Nc3c(F)cc(Cl)cc3Cl)nc3cnc(NC4CCCOCC4)nc32)CC1. The van der Waals surface area contributed by atoms with Gasteiger partial charge in [-0.15, -0.1) is 0 Å². The van der Waals surface area contributed by atoms with E-state index in [1.54, 1.807) is 6.20 Å². The number of carbonyl (C=O) groups excluding carboxylic acids is 1. The van der Waals surface area contributed by atoms with Crippen LogP contribution < -0.4 is 16.4 Å². The monoisotopic (exact) mass is 535 g/mol. The highest BCUT2D eigenvalue weighted by molar-refractivity contribution is 6.36. The Labute approximate surface area is 217 Å². The van der Waals surface area contributed by atoms with Crippen LogP contribution in [-0.2, 0) is 9.53 Å². The second-order valence-electron chi connectivity index (χ2n) is 9.37. The number of primary amides is 1. The molecule has 36 heavy (non-hydrogen) atoms. The van der Waals surface area contributed by atoms with Crippen molar-refractivity contribution in [2.75, 3.05) is 23.8 Å². The van der Waals surface area contributed by atoms with E-state index in [9.17, 15) is 9.18 Å². The van der Waals surface area contributed by atoms with Gasteiger partial charge in [-0.3, -0.25) is 9.36 Å². The summed E-state index contributed by atoms with van der Waals surface area (Å²) in [5.41, 5.74) is 6.80. The molecular weight excluding hydrogens is 508 g/mol. The number of aromatic nitrogens is 4. The predicted octanol–water partition coefficient (Wildman–Crippen LogP) is 5.21. The Balaban J connectivity index is 1.51. The molecule has 3 heterocycles. The summed E-state index contributed by atoms with van der Waals surface area (Å²) in [4.78, 5) is 25.7. The summed E-state index contributed by atoms with van der Waals surface area (Å²) in [6.07, 6.45) is 7.21. The summed E-state index contributed by atoms with van der Waals surface area (Å²) in [7, 11) is 0. The molecule has 0 spiro atoms. The second kappa shape index (κ2) is 10.7. The van der Waals surface area contributed by atoms with Crippen molar-refractivity contribution in [1.82, 2.24) is 19.5 Å². The van der Waals surface area contributed by atoms with E-state index in [-0.39, 0.29) is 39.6 Å². The molecule has 1 aromatic carbocycles. The molecule has 1 saturated carbocycles. The number of ether oxygens (including phenoxy) is 1. The third-order valence-corrected chi connectivity index (χ3v) is 7.44. The number of fused-ring (bicyclic) bond motifs is 1. The highest BCUT2D eigenvalue weighted by atomic mass is 35.5. The largest absolute Gasteiger partial charge is 0.381 e. The third kappa shape index (κ3) is 5.35. The molecule has 0 radical (unpaired) electrons. The van der Waals surface area contributed by atoms with Crippen LogP contribution in [0.3, 0.4) is 0 Å². The summed E-state index contributed by atoms with van der Waals surface area (Å²) in [5, 5.41) is 6.82. The van der Waals surface area contributed by atoms with Gasteiger partial charge >= 0.3 is 0 Å². The number of rotatable bonds is 6. The fourth-order valence-electron chi connectivity index (χ4n) is 5.02. The molecule has 1 unspecified atom stereocenters. The van der Waals surface area contributed by atoms with Crippen molar-refractivity contribution in [3.63, 3.8) is 0 Å². The first-order valence-corrected chi connectivity index (χ1v) is 12.9. The molecule has 0 bridgehead atoms. The smallest absolute Gasteiger partial charge is 0.224 e. The molecule has 4 N–H and O–H groups in total. The number of anilines is 3. The van der Waals surface area contributed by atoms with Crippen molar-refractivity contribution in [1.29, 1.82) is 0 Å². The standard InChI is InChI=1S/C24H28Cl2FN7O2/c25-14-10-17(26)20(18(27)11-14)32-24-31-19-12-29-23(30-15-2-1-8-36-9-7-15)33-22(19)34(24)16-5-3-13(4-6-16)21(28)35/h10-13,15-16H,1-9H2,(H2,28,35)(H,31,32)(H,29,30,33)/t13-,15?,16+. The number of nitrogens with two attached hydrogens (primary N) is 1. The average Bonchev–Trinajstić information content (AvgIpc) is 2.99. The van der Waals surface area contributed by atoms with Crippen LogP contribution >= 0.6 is 23.2 Å². The van der Waals surface area contributed by atoms with Crippen molar-refractivity contribution >= 4 is 57.9 Å². The summed E-state index contributed by atoms with van der Waals surface area (Å²) >= 11 is 12.2. The van der Waals surface area contributed by atoms with Crippen LogP contribution in [0.25, 0.3) is 11.2 Å². The predicted molar refractivity (Wildman–Crippen MR) is 137 cm³/mol. The van der Waals surface area contributed by atoms with Gasteiger partial charge in [0.1, 0.15) is 11.3 Å². The normalized spacial score (nSPS) is 22.8. The minimum atomic E-state index is -0.590. The maximum Gasteiger partial charge on any atom is 0.224 e. The zero-order valence-corrected chi connectivity index (χ0v) is 21.2. The van der Waals surface area contributed by atoms with Crippen LogP contribution in [0.1, 0.15) is 51.0 Å². The summed E-state index contributed by atoms with van der Waals surface area (Å²) in [5.74, 6) is -0.125. The minimum absolute atomic E-state index is 0.0173. The van der Waals surface area contributed by atoms with Crippen LogP contribution in [0.5, 0.6) is 0 Å². The zero-order valence-electron chi connectivity index (χ0n) is 19.6. The van der Waals surface area contributed by atoms with Gasteiger partial charge in [0.05, 0.1) is 16.9 Å². The lowest BCUT2D eigenvalue weighted by Gasteiger charge is -2.29. The molecule has 2 aromatic heterocycles. The van der Waals surface area contributed by atoms with Crippen LogP contribution in [0.4, 0.5) is 22.0 Å². The molecule has 9 nitrogen and oxygen atoms in total. The van der Waals surface area contributed by atoms with Gasteiger partial charge in [0.15, 0.2) is 5.65 Å². The Kier molecular flexibility index (Phi) is 7.45. The van der Waals surface area contributed by atoms with Crippen molar-refractivity contribution in [2.45, 2.75) is 57.0 Å². The zero-order chi connectivity index (χ0) is 25.2. The molecule has 12 heteroatoms. The highest BCUT2D eigenvalue weighted by Crippen LogP contribution is 2.38.